The molecule has 17 heavy (non-hydrogen) atoms. The van der Waals surface area contributed by atoms with Gasteiger partial charge in [0.2, 0.25) is 0 Å². The van der Waals surface area contributed by atoms with E-state index < -0.39 is 0 Å². The van der Waals surface area contributed by atoms with E-state index in [2.05, 4.69) is 17.3 Å². The molecule has 1 rings (SSSR count). The van der Waals surface area contributed by atoms with Gasteiger partial charge in [-0.1, -0.05) is 17.2 Å². The maximum absolute atomic E-state index is 11.8. The van der Waals surface area contributed by atoms with E-state index in [0.717, 1.165) is 36.0 Å². The van der Waals surface area contributed by atoms with Gasteiger partial charge in [0.15, 0.2) is 0 Å². The summed E-state index contributed by atoms with van der Waals surface area (Å²) in [5.41, 5.74) is 2.96. The van der Waals surface area contributed by atoms with Crippen molar-refractivity contribution in [2.24, 2.45) is 0 Å². The highest BCUT2D eigenvalue weighted by molar-refractivity contribution is 5.94. The van der Waals surface area contributed by atoms with Gasteiger partial charge in [-0.25, -0.2) is 0 Å². The molecule has 0 aliphatic rings. The first-order valence-corrected chi connectivity index (χ1v) is 5.93. The molecule has 0 saturated heterocycles. The molecule has 0 radical (unpaired) electrons. The molecule has 2 nitrogen and oxygen atoms in total. The number of carbonyl (C=O) groups is 1. The van der Waals surface area contributed by atoms with Crippen LogP contribution in [-0.2, 0) is 0 Å². The highest BCUT2D eigenvalue weighted by Crippen LogP contribution is 2.08. The van der Waals surface area contributed by atoms with Crippen LogP contribution in [0, 0.1) is 26.2 Å². The van der Waals surface area contributed by atoms with Gasteiger partial charge in [0.25, 0.3) is 5.91 Å². The number of nitrogens with one attached hydrogen (secondary N) is 1. The number of amides is 1. The number of benzene rings is 1. The lowest BCUT2D eigenvalue weighted by Gasteiger charge is -2.06. The highest BCUT2D eigenvalue weighted by atomic mass is 16.1. The summed E-state index contributed by atoms with van der Waals surface area (Å²) < 4.78 is 0. The predicted molar refractivity (Wildman–Crippen MR) is 70.9 cm³/mol. The molecule has 0 fully saturated rings. The summed E-state index contributed by atoms with van der Waals surface area (Å²) in [5, 5.41) is 2.90. The normalized spacial score (nSPS) is 9.71. The van der Waals surface area contributed by atoms with Crippen molar-refractivity contribution in [3.8, 4) is 12.3 Å². The third-order valence-corrected chi connectivity index (χ3v) is 2.52. The summed E-state index contributed by atoms with van der Waals surface area (Å²) >= 11 is 0. The molecule has 1 amide bonds. The zero-order valence-electron chi connectivity index (χ0n) is 10.5. The summed E-state index contributed by atoms with van der Waals surface area (Å²) in [4.78, 5) is 11.8. The van der Waals surface area contributed by atoms with Crippen molar-refractivity contribution in [2.75, 3.05) is 6.54 Å². The van der Waals surface area contributed by atoms with Gasteiger partial charge in [-0.05, 0) is 38.8 Å². The van der Waals surface area contributed by atoms with E-state index in [0.29, 0.717) is 6.54 Å². The summed E-state index contributed by atoms with van der Waals surface area (Å²) in [6, 6.07) is 5.87. The maximum Gasteiger partial charge on any atom is 0.251 e. The van der Waals surface area contributed by atoms with Crippen LogP contribution in [0.2, 0.25) is 0 Å². The quantitative estimate of drug-likeness (QED) is 0.610. The van der Waals surface area contributed by atoms with Crippen LogP contribution in [0.3, 0.4) is 0 Å². The van der Waals surface area contributed by atoms with E-state index in [-0.39, 0.29) is 5.91 Å². The van der Waals surface area contributed by atoms with Crippen molar-refractivity contribution in [3.63, 3.8) is 0 Å². The Kier molecular flexibility index (Phi) is 5.29. The van der Waals surface area contributed by atoms with Crippen molar-refractivity contribution < 1.29 is 4.79 Å². The smallest absolute Gasteiger partial charge is 0.251 e. The van der Waals surface area contributed by atoms with Crippen LogP contribution >= 0.6 is 0 Å². The molecule has 0 spiro atoms. The van der Waals surface area contributed by atoms with E-state index in [1.807, 2.05) is 26.0 Å². The van der Waals surface area contributed by atoms with Gasteiger partial charge in [0.05, 0.1) is 0 Å². The van der Waals surface area contributed by atoms with Crippen molar-refractivity contribution in [1.82, 2.24) is 5.32 Å². The van der Waals surface area contributed by atoms with Crippen LogP contribution in [-0.4, -0.2) is 12.5 Å². The monoisotopic (exact) mass is 229 g/mol. The molecule has 1 aromatic rings. The second-order valence-corrected chi connectivity index (χ2v) is 4.29. The topological polar surface area (TPSA) is 29.1 Å². The third-order valence-electron chi connectivity index (χ3n) is 2.52. The first-order valence-electron chi connectivity index (χ1n) is 5.93. The average Bonchev–Trinajstić information content (AvgIpc) is 2.27. The third kappa shape index (κ3) is 4.74. The molecule has 0 atom stereocenters. The van der Waals surface area contributed by atoms with Crippen LogP contribution in [0.1, 0.15) is 40.7 Å². The van der Waals surface area contributed by atoms with Gasteiger partial charge in [-0.2, -0.15) is 0 Å². The second kappa shape index (κ2) is 6.75. The van der Waals surface area contributed by atoms with Crippen LogP contribution in [0.25, 0.3) is 0 Å². The van der Waals surface area contributed by atoms with Crippen LogP contribution in [0.15, 0.2) is 18.2 Å². The van der Waals surface area contributed by atoms with Crippen molar-refractivity contribution in [2.45, 2.75) is 33.1 Å². The molecule has 1 aromatic carbocycles. The molecule has 0 saturated carbocycles. The van der Waals surface area contributed by atoms with E-state index in [1.54, 1.807) is 0 Å². The summed E-state index contributed by atoms with van der Waals surface area (Å²) in [6.45, 7) is 4.68. The predicted octanol–water partition coefficient (Wildman–Crippen LogP) is 2.84. The molecule has 2 heteroatoms. The molecular formula is C15H19NO. The van der Waals surface area contributed by atoms with Crippen molar-refractivity contribution in [1.29, 1.82) is 0 Å². The van der Waals surface area contributed by atoms with E-state index in [4.69, 9.17) is 6.42 Å². The number of aryl methyl sites for hydroxylation is 2. The zero-order chi connectivity index (χ0) is 12.7. The molecule has 0 unspecified atom stereocenters. The molecule has 0 aromatic heterocycles. The number of terminal acetylenes is 1. The number of rotatable bonds is 5. The summed E-state index contributed by atoms with van der Waals surface area (Å²) in [7, 11) is 0. The zero-order valence-corrected chi connectivity index (χ0v) is 10.5. The van der Waals surface area contributed by atoms with Gasteiger partial charge in [-0.3, -0.25) is 4.79 Å². The van der Waals surface area contributed by atoms with E-state index >= 15 is 0 Å². The lowest BCUT2D eigenvalue weighted by atomic mass is 10.1. The van der Waals surface area contributed by atoms with Crippen molar-refractivity contribution >= 4 is 5.91 Å². The minimum absolute atomic E-state index is 0.00231. The molecule has 0 aliphatic heterocycles. The molecule has 1 N–H and O–H groups in total. The average molecular weight is 229 g/mol. The highest BCUT2D eigenvalue weighted by Gasteiger charge is 2.05. The largest absolute Gasteiger partial charge is 0.352 e. The Balaban J connectivity index is 2.44. The number of hydrogen-bond acceptors (Lipinski definition) is 1. The van der Waals surface area contributed by atoms with Crippen LogP contribution in [0.5, 0.6) is 0 Å². The fourth-order valence-corrected chi connectivity index (χ4v) is 1.76. The van der Waals surface area contributed by atoms with Crippen LogP contribution in [0.4, 0.5) is 0 Å². The summed E-state index contributed by atoms with van der Waals surface area (Å²) in [5.74, 6) is 2.59. The number of hydrogen-bond donors (Lipinski definition) is 1. The van der Waals surface area contributed by atoms with Crippen LogP contribution < -0.4 is 5.32 Å². The SMILES string of the molecule is C#CCCCCNC(=O)c1cc(C)cc(C)c1. The Labute approximate surface area is 103 Å². The number of unbranched alkanes of at least 4 members (excludes halogenated alkanes) is 2. The molecule has 90 valence electrons. The van der Waals surface area contributed by atoms with Gasteiger partial charge >= 0.3 is 0 Å². The van der Waals surface area contributed by atoms with E-state index in [9.17, 15) is 4.79 Å². The lowest BCUT2D eigenvalue weighted by Crippen LogP contribution is -2.24. The molecule has 0 aliphatic carbocycles. The Morgan fingerprint density at radius 3 is 2.47 bits per heavy atom. The minimum atomic E-state index is -0.00231. The van der Waals surface area contributed by atoms with E-state index in [1.165, 1.54) is 0 Å². The molecule has 0 bridgehead atoms. The second-order valence-electron chi connectivity index (χ2n) is 4.29. The van der Waals surface area contributed by atoms with Crippen molar-refractivity contribution in [3.05, 3.63) is 34.9 Å². The fourth-order valence-electron chi connectivity index (χ4n) is 1.76. The summed E-state index contributed by atoms with van der Waals surface area (Å²) in [6.07, 6.45) is 7.83. The fraction of sp³-hybridized carbons (Fsp3) is 0.400. The Morgan fingerprint density at radius 2 is 1.88 bits per heavy atom. The Morgan fingerprint density at radius 1 is 1.24 bits per heavy atom. The lowest BCUT2D eigenvalue weighted by molar-refractivity contribution is 0.0953. The van der Waals surface area contributed by atoms with Gasteiger partial charge < -0.3 is 5.32 Å². The number of carbonyl (C=O) groups excluding carboxylic acids is 1. The molecular weight excluding hydrogens is 210 g/mol. The minimum Gasteiger partial charge on any atom is -0.352 e. The maximum atomic E-state index is 11.8. The van der Waals surface area contributed by atoms with Gasteiger partial charge in [0, 0.05) is 18.5 Å². The Hall–Kier alpha value is -1.75. The standard InChI is InChI=1S/C15H19NO/c1-4-5-6-7-8-16-15(17)14-10-12(2)9-13(3)11-14/h1,9-11H,5-8H2,2-3H3,(H,16,17). The Bertz CT molecular complexity index is 409. The molecule has 0 heterocycles. The van der Waals surface area contributed by atoms with Gasteiger partial charge in [0.1, 0.15) is 0 Å². The van der Waals surface area contributed by atoms with Gasteiger partial charge in [-0.15, -0.1) is 12.3 Å². The first-order chi connectivity index (χ1) is 8.13. The first kappa shape index (κ1) is 13.3.